The molecule has 7 heteroatoms. The molecule has 1 aliphatic rings. The molecule has 0 fully saturated rings. The average Bonchev–Trinajstić information content (AvgIpc) is 2.55. The lowest BCUT2D eigenvalue weighted by Gasteiger charge is -2.36. The lowest BCUT2D eigenvalue weighted by atomic mass is 10.0. The van der Waals surface area contributed by atoms with Crippen molar-refractivity contribution in [3.63, 3.8) is 0 Å². The second-order valence-electron chi connectivity index (χ2n) is 5.25. The van der Waals surface area contributed by atoms with Crippen molar-refractivity contribution in [2.45, 2.75) is 24.9 Å². The molecule has 3 unspecified atom stereocenters. The van der Waals surface area contributed by atoms with Gasteiger partial charge in [-0.2, -0.15) is 0 Å². The second-order valence-corrected chi connectivity index (χ2v) is 5.25. The van der Waals surface area contributed by atoms with E-state index in [0.29, 0.717) is 0 Å². The van der Waals surface area contributed by atoms with Crippen LogP contribution in [0.2, 0.25) is 0 Å². The van der Waals surface area contributed by atoms with E-state index in [1.807, 2.05) is 30.3 Å². The van der Waals surface area contributed by atoms with Crippen molar-refractivity contribution in [1.29, 1.82) is 0 Å². The number of aliphatic hydroxyl groups excluding tert-OH is 2. The summed E-state index contributed by atoms with van der Waals surface area (Å²) in [7, 11) is 0. The van der Waals surface area contributed by atoms with Crippen LogP contribution < -0.4 is 0 Å². The summed E-state index contributed by atoms with van der Waals surface area (Å²) in [6.45, 7) is -0.506. The zero-order chi connectivity index (χ0) is 16.8. The van der Waals surface area contributed by atoms with E-state index < -0.39 is 36.6 Å². The van der Waals surface area contributed by atoms with Gasteiger partial charge in [0.05, 0.1) is 19.3 Å². The topological polar surface area (TPSA) is 107 Å². The summed E-state index contributed by atoms with van der Waals surface area (Å²) in [6.07, 6.45) is 0.245. The number of benzene rings is 1. The number of nitrogens with zero attached hydrogens (tertiary/aromatic N) is 1. The highest BCUT2D eigenvalue weighted by Gasteiger charge is 2.40. The number of ketones is 1. The van der Waals surface area contributed by atoms with Crippen LogP contribution in [0.3, 0.4) is 0 Å². The molecule has 1 aromatic rings. The lowest BCUT2D eigenvalue weighted by molar-refractivity contribution is -0.155. The number of carbonyl (C=O) groups excluding carboxylic acids is 1. The van der Waals surface area contributed by atoms with E-state index in [1.165, 1.54) is 17.2 Å². The van der Waals surface area contributed by atoms with E-state index in [0.717, 1.165) is 5.56 Å². The van der Waals surface area contributed by atoms with Crippen molar-refractivity contribution in [3.05, 3.63) is 48.2 Å². The molecule has 0 saturated heterocycles. The highest BCUT2D eigenvalue weighted by molar-refractivity contribution is 5.98. The van der Waals surface area contributed by atoms with E-state index in [9.17, 15) is 19.8 Å². The SMILES string of the molecule is O=C1C=CN(CC(O)CO)C(C(=O)O)C1OCc1ccccc1. The van der Waals surface area contributed by atoms with Gasteiger partial charge >= 0.3 is 5.97 Å². The molecule has 0 aliphatic carbocycles. The number of β-amino-alcohol motifs (C(OH)–C–C–N with tert-alkyl or cyclic N) is 1. The van der Waals surface area contributed by atoms with Gasteiger partial charge in [-0.05, 0) is 11.6 Å². The summed E-state index contributed by atoms with van der Waals surface area (Å²) >= 11 is 0. The number of carboxylic acids is 1. The number of carbonyl (C=O) groups is 2. The standard InChI is InChI=1S/C16H19NO6/c18-9-12(19)8-17-7-6-13(20)15(14(17)16(21)22)23-10-11-4-2-1-3-5-11/h1-7,12,14-15,18-19H,8-10H2,(H,21,22). The molecule has 124 valence electrons. The number of carboxylic acid groups (broad SMARTS) is 1. The molecule has 3 N–H and O–H groups in total. The fourth-order valence-electron chi connectivity index (χ4n) is 2.37. The van der Waals surface area contributed by atoms with Gasteiger partial charge in [0.1, 0.15) is 0 Å². The Morgan fingerprint density at radius 3 is 2.61 bits per heavy atom. The smallest absolute Gasteiger partial charge is 0.329 e. The third kappa shape index (κ3) is 4.38. The Kier molecular flexibility index (Phi) is 5.86. The summed E-state index contributed by atoms with van der Waals surface area (Å²) in [5.41, 5.74) is 0.820. The Morgan fingerprint density at radius 2 is 2.00 bits per heavy atom. The number of hydrogen-bond acceptors (Lipinski definition) is 6. The van der Waals surface area contributed by atoms with Crippen molar-refractivity contribution in [3.8, 4) is 0 Å². The molecule has 0 spiro atoms. The molecule has 23 heavy (non-hydrogen) atoms. The Bertz CT molecular complexity index is 573. The lowest BCUT2D eigenvalue weighted by Crippen LogP contribution is -2.55. The number of ether oxygens (including phenoxy) is 1. The van der Waals surface area contributed by atoms with Crippen LogP contribution in [0.15, 0.2) is 42.6 Å². The minimum atomic E-state index is -1.25. The third-order valence-corrected chi connectivity index (χ3v) is 3.51. The van der Waals surface area contributed by atoms with E-state index in [1.54, 1.807) is 0 Å². The molecular formula is C16H19NO6. The number of hydrogen-bond donors (Lipinski definition) is 3. The molecule has 0 amide bonds. The Labute approximate surface area is 133 Å². The first-order valence-corrected chi connectivity index (χ1v) is 7.18. The van der Waals surface area contributed by atoms with Gasteiger partial charge in [0.25, 0.3) is 0 Å². The van der Waals surface area contributed by atoms with Crippen LogP contribution in [-0.4, -0.2) is 63.4 Å². The van der Waals surface area contributed by atoms with Crippen LogP contribution in [0.5, 0.6) is 0 Å². The van der Waals surface area contributed by atoms with Crippen LogP contribution in [0.25, 0.3) is 0 Å². The molecule has 3 atom stereocenters. The van der Waals surface area contributed by atoms with E-state index >= 15 is 0 Å². The quantitative estimate of drug-likeness (QED) is 0.637. The van der Waals surface area contributed by atoms with Gasteiger partial charge in [-0.1, -0.05) is 30.3 Å². The molecule has 0 aromatic heterocycles. The fourth-order valence-corrected chi connectivity index (χ4v) is 2.37. The van der Waals surface area contributed by atoms with Gasteiger partial charge < -0.3 is 25.0 Å². The zero-order valence-corrected chi connectivity index (χ0v) is 12.4. The van der Waals surface area contributed by atoms with Crippen LogP contribution in [0.1, 0.15) is 5.56 Å². The minimum absolute atomic E-state index is 0.102. The highest BCUT2D eigenvalue weighted by atomic mass is 16.5. The van der Waals surface area contributed by atoms with Gasteiger partial charge in [-0.3, -0.25) is 4.79 Å². The highest BCUT2D eigenvalue weighted by Crippen LogP contribution is 2.19. The molecule has 1 aromatic carbocycles. The van der Waals surface area contributed by atoms with Gasteiger partial charge in [-0.15, -0.1) is 0 Å². The molecule has 2 rings (SSSR count). The van der Waals surface area contributed by atoms with Crippen LogP contribution in [0.4, 0.5) is 0 Å². The minimum Gasteiger partial charge on any atom is -0.480 e. The summed E-state index contributed by atoms with van der Waals surface area (Å²) in [6, 6.07) is 7.85. The van der Waals surface area contributed by atoms with Gasteiger partial charge in [-0.25, -0.2) is 4.79 Å². The third-order valence-electron chi connectivity index (χ3n) is 3.51. The van der Waals surface area contributed by atoms with Gasteiger partial charge in [0.15, 0.2) is 17.9 Å². The summed E-state index contributed by atoms with van der Waals surface area (Å²) in [5, 5.41) is 27.9. The van der Waals surface area contributed by atoms with Crippen LogP contribution in [0, 0.1) is 0 Å². The Morgan fingerprint density at radius 1 is 1.30 bits per heavy atom. The summed E-state index contributed by atoms with van der Waals surface area (Å²) < 4.78 is 5.53. The first-order chi connectivity index (χ1) is 11.0. The molecule has 1 heterocycles. The van der Waals surface area contributed by atoms with E-state index in [-0.39, 0.29) is 13.2 Å². The predicted molar refractivity (Wildman–Crippen MR) is 80.4 cm³/mol. The number of aliphatic carboxylic acids is 1. The van der Waals surface area contributed by atoms with Crippen molar-refractivity contribution in [2.75, 3.05) is 13.2 Å². The second kappa shape index (κ2) is 7.87. The zero-order valence-electron chi connectivity index (χ0n) is 12.4. The van der Waals surface area contributed by atoms with Crippen molar-refractivity contribution >= 4 is 11.8 Å². The molecule has 0 radical (unpaired) electrons. The fraction of sp³-hybridized carbons (Fsp3) is 0.375. The predicted octanol–water partition coefficient (Wildman–Crippen LogP) is -0.223. The van der Waals surface area contributed by atoms with Crippen molar-refractivity contribution in [2.24, 2.45) is 0 Å². The van der Waals surface area contributed by atoms with Crippen molar-refractivity contribution in [1.82, 2.24) is 4.90 Å². The Hall–Kier alpha value is -2.22. The number of aliphatic hydroxyl groups is 2. The van der Waals surface area contributed by atoms with E-state index in [4.69, 9.17) is 9.84 Å². The van der Waals surface area contributed by atoms with E-state index in [2.05, 4.69) is 0 Å². The van der Waals surface area contributed by atoms with Crippen molar-refractivity contribution < 1.29 is 29.6 Å². The monoisotopic (exact) mass is 321 g/mol. The molecular weight excluding hydrogens is 302 g/mol. The summed E-state index contributed by atoms with van der Waals surface area (Å²) in [5.74, 6) is -1.67. The summed E-state index contributed by atoms with van der Waals surface area (Å²) in [4.78, 5) is 24.9. The first kappa shape index (κ1) is 17.1. The maximum atomic E-state index is 12.0. The first-order valence-electron chi connectivity index (χ1n) is 7.18. The van der Waals surface area contributed by atoms with Crippen LogP contribution >= 0.6 is 0 Å². The molecule has 0 bridgehead atoms. The molecule has 1 aliphatic heterocycles. The largest absolute Gasteiger partial charge is 0.480 e. The molecule has 7 nitrogen and oxygen atoms in total. The maximum Gasteiger partial charge on any atom is 0.329 e. The molecule has 0 saturated carbocycles. The maximum absolute atomic E-state index is 12.0. The normalized spacial score (nSPS) is 22.2. The van der Waals surface area contributed by atoms with Crippen LogP contribution in [-0.2, 0) is 20.9 Å². The number of rotatable bonds is 7. The average molecular weight is 321 g/mol. The Balaban J connectivity index is 2.13. The van der Waals surface area contributed by atoms with Gasteiger partial charge in [0, 0.05) is 12.7 Å². The van der Waals surface area contributed by atoms with Gasteiger partial charge in [0.2, 0.25) is 0 Å².